The topological polar surface area (TPSA) is 56.0 Å². The van der Waals surface area contributed by atoms with E-state index < -0.39 is 0 Å². The van der Waals surface area contributed by atoms with Crippen LogP contribution in [0.4, 0.5) is 0 Å². The highest BCUT2D eigenvalue weighted by Gasteiger charge is 2.11. The van der Waals surface area contributed by atoms with Crippen molar-refractivity contribution in [2.24, 2.45) is 5.73 Å². The van der Waals surface area contributed by atoms with E-state index in [4.69, 9.17) is 5.73 Å². The molecule has 0 aliphatic rings. The summed E-state index contributed by atoms with van der Waals surface area (Å²) in [6.07, 6.45) is 1.14. The van der Waals surface area contributed by atoms with Crippen molar-refractivity contribution in [1.29, 1.82) is 0 Å². The number of carbonyl (C=O) groups excluding carboxylic acids is 1. The molecule has 94 valence electrons. The Kier molecular flexibility index (Phi) is 4.85. The third kappa shape index (κ3) is 3.60. The van der Waals surface area contributed by atoms with Crippen molar-refractivity contribution in [2.45, 2.75) is 12.8 Å². The minimum atomic E-state index is 0.0655. The summed E-state index contributed by atoms with van der Waals surface area (Å²) in [5.41, 5.74) is 7.04. The number of ketones is 1. The van der Waals surface area contributed by atoms with E-state index in [-0.39, 0.29) is 5.78 Å². The summed E-state index contributed by atoms with van der Waals surface area (Å²) >= 11 is 3.75. The van der Waals surface area contributed by atoms with E-state index in [2.05, 4.69) is 27.6 Å². The fraction of sp³-hybridized carbons (Fsp3) is 0.231. The molecule has 0 fully saturated rings. The zero-order valence-electron chi connectivity index (χ0n) is 9.73. The minimum absolute atomic E-state index is 0.0655. The SMILES string of the molecule is NCCc1nc(C(=O)Cc2ccc(I)cc2)cs1. The second kappa shape index (κ2) is 6.40. The Hall–Kier alpha value is -0.790. The summed E-state index contributed by atoms with van der Waals surface area (Å²) in [5.74, 6) is 0.0655. The van der Waals surface area contributed by atoms with Gasteiger partial charge in [-0.05, 0) is 46.8 Å². The van der Waals surface area contributed by atoms with Gasteiger partial charge >= 0.3 is 0 Å². The molecule has 0 spiro atoms. The molecule has 18 heavy (non-hydrogen) atoms. The van der Waals surface area contributed by atoms with Crippen molar-refractivity contribution < 1.29 is 4.79 Å². The van der Waals surface area contributed by atoms with Gasteiger partial charge in [0.15, 0.2) is 5.78 Å². The average Bonchev–Trinajstić information content (AvgIpc) is 2.81. The third-order valence-corrected chi connectivity index (χ3v) is 4.10. The molecule has 5 heteroatoms. The monoisotopic (exact) mass is 372 g/mol. The lowest BCUT2D eigenvalue weighted by Crippen LogP contribution is -2.06. The number of Topliss-reactive ketones (excluding diaryl/α,β-unsaturated/α-hetero) is 1. The van der Waals surface area contributed by atoms with Crippen molar-refractivity contribution in [3.05, 3.63) is 49.5 Å². The van der Waals surface area contributed by atoms with E-state index in [0.717, 1.165) is 17.0 Å². The zero-order valence-corrected chi connectivity index (χ0v) is 12.7. The van der Waals surface area contributed by atoms with Gasteiger partial charge < -0.3 is 5.73 Å². The number of benzene rings is 1. The number of carbonyl (C=O) groups is 1. The molecule has 0 aliphatic heterocycles. The molecule has 0 saturated carbocycles. The molecule has 0 radical (unpaired) electrons. The summed E-state index contributed by atoms with van der Waals surface area (Å²) < 4.78 is 1.17. The van der Waals surface area contributed by atoms with Gasteiger partial charge in [0, 0.05) is 21.8 Å². The number of rotatable bonds is 5. The van der Waals surface area contributed by atoms with Crippen LogP contribution in [0.2, 0.25) is 0 Å². The first-order valence-corrected chi connectivity index (χ1v) is 7.57. The summed E-state index contributed by atoms with van der Waals surface area (Å²) in [6, 6.07) is 7.97. The maximum Gasteiger partial charge on any atom is 0.186 e. The standard InChI is InChI=1S/C13H13IN2OS/c14-10-3-1-9(2-4-10)7-12(17)11-8-18-13(16-11)5-6-15/h1-4,8H,5-7,15H2. The molecule has 2 N–H and O–H groups in total. The largest absolute Gasteiger partial charge is 0.330 e. The summed E-state index contributed by atoms with van der Waals surface area (Å²) in [6.45, 7) is 0.568. The van der Waals surface area contributed by atoms with Crippen LogP contribution in [-0.2, 0) is 12.8 Å². The Morgan fingerprint density at radius 3 is 2.72 bits per heavy atom. The second-order valence-corrected chi connectivity index (χ2v) is 6.08. The average molecular weight is 372 g/mol. The lowest BCUT2D eigenvalue weighted by molar-refractivity contribution is 0.0988. The van der Waals surface area contributed by atoms with E-state index in [9.17, 15) is 4.79 Å². The molecule has 2 rings (SSSR count). The highest BCUT2D eigenvalue weighted by atomic mass is 127. The first-order valence-electron chi connectivity index (χ1n) is 5.61. The van der Waals surface area contributed by atoms with Gasteiger partial charge in [0.25, 0.3) is 0 Å². The highest BCUT2D eigenvalue weighted by molar-refractivity contribution is 14.1. The summed E-state index contributed by atoms with van der Waals surface area (Å²) in [5, 5.41) is 2.75. The van der Waals surface area contributed by atoms with Crippen molar-refractivity contribution in [3.8, 4) is 0 Å². The normalized spacial score (nSPS) is 10.6. The Morgan fingerprint density at radius 2 is 2.06 bits per heavy atom. The molecule has 1 aromatic heterocycles. The number of nitrogens with zero attached hydrogens (tertiary/aromatic N) is 1. The molecular weight excluding hydrogens is 359 g/mol. The summed E-state index contributed by atoms with van der Waals surface area (Å²) in [7, 11) is 0. The van der Waals surface area contributed by atoms with Crippen molar-refractivity contribution >= 4 is 39.7 Å². The highest BCUT2D eigenvalue weighted by Crippen LogP contribution is 2.14. The number of thiazole rings is 1. The van der Waals surface area contributed by atoms with E-state index in [1.54, 1.807) is 0 Å². The van der Waals surface area contributed by atoms with Crippen LogP contribution in [-0.4, -0.2) is 17.3 Å². The molecule has 0 atom stereocenters. The Balaban J connectivity index is 2.04. The molecule has 3 nitrogen and oxygen atoms in total. The number of nitrogens with two attached hydrogens (primary N) is 1. The maximum absolute atomic E-state index is 12.0. The van der Waals surface area contributed by atoms with Gasteiger partial charge in [-0.25, -0.2) is 4.98 Å². The molecule has 0 saturated heterocycles. The Labute approximate surface area is 124 Å². The van der Waals surface area contributed by atoms with E-state index >= 15 is 0 Å². The van der Waals surface area contributed by atoms with Crippen LogP contribution in [0.3, 0.4) is 0 Å². The van der Waals surface area contributed by atoms with Gasteiger partial charge in [0.05, 0.1) is 5.01 Å². The van der Waals surface area contributed by atoms with Crippen LogP contribution in [0.5, 0.6) is 0 Å². The molecule has 2 aromatic rings. The van der Waals surface area contributed by atoms with Crippen LogP contribution >= 0.6 is 33.9 Å². The minimum Gasteiger partial charge on any atom is -0.330 e. The van der Waals surface area contributed by atoms with Gasteiger partial charge in [-0.2, -0.15) is 0 Å². The Bertz CT molecular complexity index is 536. The van der Waals surface area contributed by atoms with Crippen molar-refractivity contribution in [3.63, 3.8) is 0 Å². The number of hydrogen-bond acceptors (Lipinski definition) is 4. The predicted molar refractivity (Wildman–Crippen MR) is 82.1 cm³/mol. The second-order valence-electron chi connectivity index (χ2n) is 3.89. The lowest BCUT2D eigenvalue weighted by atomic mass is 10.1. The van der Waals surface area contributed by atoms with E-state index in [0.29, 0.717) is 18.7 Å². The fourth-order valence-electron chi connectivity index (χ4n) is 1.56. The van der Waals surface area contributed by atoms with Crippen molar-refractivity contribution in [2.75, 3.05) is 6.54 Å². The molecule has 0 aliphatic carbocycles. The lowest BCUT2D eigenvalue weighted by Gasteiger charge is -1.99. The molecule has 1 heterocycles. The fourth-order valence-corrected chi connectivity index (χ4v) is 2.73. The quantitative estimate of drug-likeness (QED) is 0.649. The van der Waals surface area contributed by atoms with Gasteiger partial charge in [-0.1, -0.05) is 12.1 Å². The van der Waals surface area contributed by atoms with E-state index in [1.165, 1.54) is 14.9 Å². The van der Waals surface area contributed by atoms with Crippen LogP contribution in [0.1, 0.15) is 21.1 Å². The molecule has 0 unspecified atom stereocenters. The van der Waals surface area contributed by atoms with Crippen LogP contribution in [0.25, 0.3) is 0 Å². The Morgan fingerprint density at radius 1 is 1.33 bits per heavy atom. The van der Waals surface area contributed by atoms with Gasteiger partial charge in [0.2, 0.25) is 0 Å². The maximum atomic E-state index is 12.0. The van der Waals surface area contributed by atoms with Crippen LogP contribution in [0, 0.1) is 3.57 Å². The van der Waals surface area contributed by atoms with Gasteiger partial charge in [0.1, 0.15) is 5.69 Å². The summed E-state index contributed by atoms with van der Waals surface area (Å²) in [4.78, 5) is 16.3. The van der Waals surface area contributed by atoms with Gasteiger partial charge in [-0.15, -0.1) is 11.3 Å². The zero-order chi connectivity index (χ0) is 13.0. The molecule has 0 bridgehead atoms. The smallest absolute Gasteiger partial charge is 0.186 e. The first-order chi connectivity index (χ1) is 8.69. The number of aromatic nitrogens is 1. The number of halogens is 1. The van der Waals surface area contributed by atoms with Gasteiger partial charge in [-0.3, -0.25) is 4.79 Å². The number of hydrogen-bond donors (Lipinski definition) is 1. The molecule has 1 aromatic carbocycles. The molecule has 0 amide bonds. The van der Waals surface area contributed by atoms with Crippen LogP contribution in [0.15, 0.2) is 29.6 Å². The van der Waals surface area contributed by atoms with Crippen LogP contribution < -0.4 is 5.73 Å². The van der Waals surface area contributed by atoms with Crippen molar-refractivity contribution in [1.82, 2.24) is 4.98 Å². The van der Waals surface area contributed by atoms with E-state index in [1.807, 2.05) is 29.6 Å². The predicted octanol–water partition coefficient (Wildman–Crippen LogP) is 2.67. The first kappa shape index (κ1) is 13.6. The third-order valence-electron chi connectivity index (χ3n) is 2.47. The molecular formula is C13H13IN2OS.